The van der Waals surface area contributed by atoms with Crippen LogP contribution in [-0.4, -0.2) is 32.0 Å². The third kappa shape index (κ3) is 4.20. The second-order valence-electron chi connectivity index (χ2n) is 4.23. The third-order valence-corrected chi connectivity index (χ3v) is 2.80. The predicted molar refractivity (Wildman–Crippen MR) is 72.2 cm³/mol. The van der Waals surface area contributed by atoms with Gasteiger partial charge in [-0.3, -0.25) is 0 Å². The summed E-state index contributed by atoms with van der Waals surface area (Å²) < 4.78 is 10.6. The first-order valence-electron chi connectivity index (χ1n) is 6.31. The Morgan fingerprint density at radius 3 is 2.67 bits per heavy atom. The molecule has 0 spiro atoms. The van der Waals surface area contributed by atoms with E-state index in [1.54, 1.807) is 14.2 Å². The van der Waals surface area contributed by atoms with Crippen LogP contribution in [0.3, 0.4) is 0 Å². The van der Waals surface area contributed by atoms with Gasteiger partial charge in [0.1, 0.15) is 0 Å². The Hall–Kier alpha value is -1.26. The summed E-state index contributed by atoms with van der Waals surface area (Å²) in [5.41, 5.74) is 1.03. The lowest BCUT2D eigenvalue weighted by Crippen LogP contribution is -2.26. The van der Waals surface area contributed by atoms with Gasteiger partial charge < -0.3 is 19.9 Å². The fourth-order valence-electron chi connectivity index (χ4n) is 1.90. The molecule has 1 atom stereocenters. The van der Waals surface area contributed by atoms with E-state index in [4.69, 9.17) is 9.47 Å². The maximum Gasteiger partial charge on any atom is 0.165 e. The van der Waals surface area contributed by atoms with Crippen molar-refractivity contribution in [1.82, 2.24) is 5.32 Å². The number of hydrogen-bond acceptors (Lipinski definition) is 4. The van der Waals surface area contributed by atoms with Crippen LogP contribution in [0.4, 0.5) is 0 Å². The molecule has 1 rings (SSSR count). The van der Waals surface area contributed by atoms with E-state index in [0.29, 0.717) is 13.1 Å². The molecule has 1 aromatic carbocycles. The second kappa shape index (κ2) is 7.95. The van der Waals surface area contributed by atoms with Gasteiger partial charge in [0.25, 0.3) is 0 Å². The lowest BCUT2D eigenvalue weighted by molar-refractivity contribution is 0.160. The van der Waals surface area contributed by atoms with Gasteiger partial charge in [-0.15, -0.1) is 0 Å². The number of ether oxygens (including phenoxy) is 2. The Bertz CT molecular complexity index is 355. The van der Waals surface area contributed by atoms with Crippen molar-refractivity contribution in [3.05, 3.63) is 23.8 Å². The average molecular weight is 253 g/mol. The van der Waals surface area contributed by atoms with Crippen LogP contribution in [0.1, 0.15) is 25.3 Å². The minimum atomic E-state index is -0.286. The Balaban J connectivity index is 2.56. The molecule has 4 heteroatoms. The number of benzene rings is 1. The molecule has 18 heavy (non-hydrogen) atoms. The third-order valence-electron chi connectivity index (χ3n) is 2.80. The number of methoxy groups -OCH3 is 2. The molecule has 0 radical (unpaired) electrons. The van der Waals surface area contributed by atoms with Crippen molar-refractivity contribution in [3.8, 4) is 11.5 Å². The van der Waals surface area contributed by atoms with Gasteiger partial charge >= 0.3 is 0 Å². The van der Waals surface area contributed by atoms with Gasteiger partial charge in [-0.2, -0.15) is 0 Å². The predicted octanol–water partition coefficient (Wildman–Crippen LogP) is 1.95. The molecule has 1 unspecified atom stereocenters. The normalized spacial score (nSPS) is 12.2. The molecule has 0 heterocycles. The summed E-state index contributed by atoms with van der Waals surface area (Å²) in [5, 5.41) is 12.9. The minimum Gasteiger partial charge on any atom is -0.493 e. The molecule has 0 saturated carbocycles. The highest BCUT2D eigenvalue weighted by Gasteiger charge is 2.09. The summed E-state index contributed by atoms with van der Waals surface area (Å²) in [6.07, 6.45) is 1.53. The molecule has 0 aliphatic heterocycles. The van der Waals surface area contributed by atoms with E-state index in [9.17, 15) is 5.11 Å². The van der Waals surface area contributed by atoms with Crippen LogP contribution in [0, 0.1) is 0 Å². The summed E-state index contributed by atoms with van der Waals surface area (Å²) in [6, 6.07) is 5.79. The van der Waals surface area contributed by atoms with Crippen LogP contribution in [0.2, 0.25) is 0 Å². The largest absolute Gasteiger partial charge is 0.493 e. The number of aliphatic hydroxyl groups is 1. The van der Waals surface area contributed by atoms with Gasteiger partial charge in [0, 0.05) is 18.7 Å². The van der Waals surface area contributed by atoms with Gasteiger partial charge in [0.05, 0.1) is 20.3 Å². The summed E-state index contributed by atoms with van der Waals surface area (Å²) in [6.45, 7) is 3.31. The quantitative estimate of drug-likeness (QED) is 0.743. The number of aliphatic hydroxyl groups excluding tert-OH is 1. The van der Waals surface area contributed by atoms with Crippen molar-refractivity contribution in [2.45, 2.75) is 32.4 Å². The number of para-hydroxylation sites is 1. The van der Waals surface area contributed by atoms with E-state index in [2.05, 4.69) is 12.2 Å². The Kier molecular flexibility index (Phi) is 6.54. The summed E-state index contributed by atoms with van der Waals surface area (Å²) in [7, 11) is 3.26. The van der Waals surface area contributed by atoms with Crippen LogP contribution >= 0.6 is 0 Å². The lowest BCUT2D eigenvalue weighted by atomic mass is 10.1. The SMILES string of the molecule is CCCC(O)CNCc1cccc(OC)c1OC. The number of rotatable bonds is 8. The van der Waals surface area contributed by atoms with Gasteiger partial charge in [-0.25, -0.2) is 0 Å². The highest BCUT2D eigenvalue weighted by molar-refractivity contribution is 5.46. The van der Waals surface area contributed by atoms with Crippen LogP contribution in [0.5, 0.6) is 11.5 Å². The average Bonchev–Trinajstić information content (AvgIpc) is 2.38. The van der Waals surface area contributed by atoms with Crippen molar-refractivity contribution in [3.63, 3.8) is 0 Å². The molecular formula is C14H23NO3. The van der Waals surface area contributed by atoms with Crippen molar-refractivity contribution in [2.75, 3.05) is 20.8 Å². The molecule has 1 aromatic rings. The van der Waals surface area contributed by atoms with Gasteiger partial charge in [0.2, 0.25) is 0 Å². The molecule has 0 amide bonds. The maximum absolute atomic E-state index is 9.64. The summed E-state index contributed by atoms with van der Waals surface area (Å²) in [5.74, 6) is 1.48. The van der Waals surface area contributed by atoms with Crippen LogP contribution in [-0.2, 0) is 6.54 Å². The molecule has 0 bridgehead atoms. The Morgan fingerprint density at radius 2 is 2.06 bits per heavy atom. The first kappa shape index (κ1) is 14.8. The summed E-state index contributed by atoms with van der Waals surface area (Å²) >= 11 is 0. The van der Waals surface area contributed by atoms with Crippen LogP contribution in [0.25, 0.3) is 0 Å². The minimum absolute atomic E-state index is 0.286. The zero-order valence-corrected chi connectivity index (χ0v) is 11.4. The highest BCUT2D eigenvalue weighted by atomic mass is 16.5. The van der Waals surface area contributed by atoms with Gasteiger partial charge in [-0.05, 0) is 12.5 Å². The van der Waals surface area contributed by atoms with Crippen LogP contribution < -0.4 is 14.8 Å². The van der Waals surface area contributed by atoms with E-state index in [1.807, 2.05) is 18.2 Å². The summed E-state index contributed by atoms with van der Waals surface area (Å²) in [4.78, 5) is 0. The van der Waals surface area contributed by atoms with E-state index in [-0.39, 0.29) is 6.10 Å². The molecular weight excluding hydrogens is 230 g/mol. The van der Waals surface area contributed by atoms with E-state index < -0.39 is 0 Å². The molecule has 0 aliphatic carbocycles. The van der Waals surface area contributed by atoms with Crippen LogP contribution in [0.15, 0.2) is 18.2 Å². The number of nitrogens with one attached hydrogen (secondary N) is 1. The maximum atomic E-state index is 9.64. The Morgan fingerprint density at radius 1 is 1.28 bits per heavy atom. The smallest absolute Gasteiger partial charge is 0.165 e. The van der Waals surface area contributed by atoms with Crippen molar-refractivity contribution >= 4 is 0 Å². The topological polar surface area (TPSA) is 50.7 Å². The number of hydrogen-bond donors (Lipinski definition) is 2. The Labute approximate surface area is 109 Å². The molecule has 0 saturated heterocycles. The van der Waals surface area contributed by atoms with Gasteiger partial charge in [0.15, 0.2) is 11.5 Å². The van der Waals surface area contributed by atoms with Crippen molar-refractivity contribution in [1.29, 1.82) is 0 Å². The zero-order chi connectivity index (χ0) is 13.4. The second-order valence-corrected chi connectivity index (χ2v) is 4.23. The molecule has 4 nitrogen and oxygen atoms in total. The van der Waals surface area contributed by atoms with E-state index in [1.165, 1.54) is 0 Å². The molecule has 2 N–H and O–H groups in total. The standard InChI is InChI=1S/C14H23NO3/c1-4-6-12(16)10-15-9-11-7-5-8-13(17-2)14(11)18-3/h5,7-8,12,15-16H,4,6,9-10H2,1-3H3. The van der Waals surface area contributed by atoms with Crippen molar-refractivity contribution < 1.29 is 14.6 Å². The molecule has 0 aliphatic rings. The van der Waals surface area contributed by atoms with E-state index in [0.717, 1.165) is 29.9 Å². The lowest BCUT2D eigenvalue weighted by Gasteiger charge is -2.14. The monoisotopic (exact) mass is 253 g/mol. The highest BCUT2D eigenvalue weighted by Crippen LogP contribution is 2.30. The zero-order valence-electron chi connectivity index (χ0n) is 11.4. The van der Waals surface area contributed by atoms with E-state index >= 15 is 0 Å². The van der Waals surface area contributed by atoms with Gasteiger partial charge in [-0.1, -0.05) is 25.5 Å². The fraction of sp³-hybridized carbons (Fsp3) is 0.571. The molecule has 0 aromatic heterocycles. The fourth-order valence-corrected chi connectivity index (χ4v) is 1.90. The first-order valence-corrected chi connectivity index (χ1v) is 6.31. The van der Waals surface area contributed by atoms with Crippen molar-refractivity contribution in [2.24, 2.45) is 0 Å². The first-order chi connectivity index (χ1) is 8.72. The molecule has 0 fully saturated rings. The molecule has 102 valence electrons.